The van der Waals surface area contributed by atoms with E-state index in [9.17, 15) is 4.79 Å². The summed E-state index contributed by atoms with van der Waals surface area (Å²) in [5.74, 6) is -0.723. The smallest absolute Gasteiger partial charge is 0.359 e. The Balaban J connectivity index is 2.86. The van der Waals surface area contributed by atoms with Gasteiger partial charge in [0.05, 0.1) is 13.6 Å². The number of carboxylic acids is 1. The molecule has 5 heteroatoms. The molecule has 88 valence electrons. The van der Waals surface area contributed by atoms with E-state index in [1.807, 2.05) is 21.1 Å². The molecule has 0 aromatic rings. The Morgan fingerprint density at radius 1 is 1.60 bits per heavy atom. The van der Waals surface area contributed by atoms with Crippen LogP contribution in [0.25, 0.3) is 0 Å². The van der Waals surface area contributed by atoms with Gasteiger partial charge in [-0.25, -0.2) is 14.6 Å². The summed E-state index contributed by atoms with van der Waals surface area (Å²) >= 11 is 0. The third kappa shape index (κ3) is 2.68. The van der Waals surface area contributed by atoms with Crippen molar-refractivity contribution in [2.24, 2.45) is 0 Å². The first-order valence-corrected chi connectivity index (χ1v) is 5.29. The number of likely N-dealkylation sites (N-methyl/N-ethyl adjacent to an activating group) is 1. The van der Waals surface area contributed by atoms with Crippen molar-refractivity contribution < 1.29 is 14.4 Å². The van der Waals surface area contributed by atoms with Crippen LogP contribution in [0.3, 0.4) is 0 Å². The third-order valence-corrected chi connectivity index (χ3v) is 3.09. The Morgan fingerprint density at radius 2 is 2.20 bits per heavy atom. The molecule has 0 saturated carbocycles. The number of hydrogen-bond donors (Lipinski definition) is 1. The lowest BCUT2D eigenvalue weighted by Crippen LogP contribution is -2.69. The van der Waals surface area contributed by atoms with Gasteiger partial charge in [0.15, 0.2) is 6.54 Å². The number of aliphatic carboxylic acids is 1. The average Bonchev–Trinajstić information content (AvgIpc) is 1.99. The van der Waals surface area contributed by atoms with Crippen molar-refractivity contribution in [2.45, 2.75) is 12.7 Å². The SMILES string of the molecule is CN(C)C1N(C)CCC[N+]1(C)CC(=O)O. The highest BCUT2D eigenvalue weighted by molar-refractivity contribution is 5.67. The molecule has 1 heterocycles. The Bertz CT molecular complexity index is 245. The number of nitrogens with zero attached hydrogens (tertiary/aromatic N) is 3. The molecule has 2 unspecified atom stereocenters. The second kappa shape index (κ2) is 4.47. The maximum absolute atomic E-state index is 10.9. The molecule has 1 aliphatic heterocycles. The van der Waals surface area contributed by atoms with Gasteiger partial charge in [0.2, 0.25) is 6.29 Å². The van der Waals surface area contributed by atoms with Gasteiger partial charge in [0.1, 0.15) is 0 Å². The Hall–Kier alpha value is -0.650. The van der Waals surface area contributed by atoms with Crippen molar-refractivity contribution in [3.63, 3.8) is 0 Å². The van der Waals surface area contributed by atoms with Crippen molar-refractivity contribution in [1.29, 1.82) is 0 Å². The summed E-state index contributed by atoms with van der Waals surface area (Å²) < 4.78 is 0.568. The topological polar surface area (TPSA) is 43.8 Å². The van der Waals surface area contributed by atoms with Gasteiger partial charge in [0, 0.05) is 13.0 Å². The van der Waals surface area contributed by atoms with E-state index in [4.69, 9.17) is 5.11 Å². The zero-order chi connectivity index (χ0) is 11.6. The highest BCUT2D eigenvalue weighted by Gasteiger charge is 2.41. The fourth-order valence-corrected chi connectivity index (χ4v) is 2.81. The number of carboxylic acid groups (broad SMARTS) is 1. The van der Waals surface area contributed by atoms with Crippen LogP contribution in [0.1, 0.15) is 6.42 Å². The molecule has 1 fully saturated rings. The van der Waals surface area contributed by atoms with Crippen LogP contribution >= 0.6 is 0 Å². The lowest BCUT2D eigenvalue weighted by Gasteiger charge is -2.50. The Labute approximate surface area is 91.5 Å². The van der Waals surface area contributed by atoms with E-state index < -0.39 is 5.97 Å². The van der Waals surface area contributed by atoms with Crippen LogP contribution in [0.2, 0.25) is 0 Å². The highest BCUT2D eigenvalue weighted by Crippen LogP contribution is 2.21. The summed E-state index contributed by atoms with van der Waals surface area (Å²) in [4.78, 5) is 15.2. The molecule has 0 bridgehead atoms. The standard InChI is InChI=1S/C10H21N3O2/c1-11(2)10-12(3)6-5-7-13(10,4)8-9(14)15/h10H,5-8H2,1-4H3/p+1. The molecule has 1 aliphatic rings. The van der Waals surface area contributed by atoms with E-state index in [0.717, 1.165) is 19.5 Å². The predicted octanol–water partition coefficient (Wildman–Crippen LogP) is -0.302. The molecule has 0 radical (unpaired) electrons. The largest absolute Gasteiger partial charge is 0.477 e. The van der Waals surface area contributed by atoms with Crippen molar-refractivity contribution in [3.05, 3.63) is 0 Å². The molecule has 1 N–H and O–H groups in total. The van der Waals surface area contributed by atoms with E-state index >= 15 is 0 Å². The molecule has 1 rings (SSSR count). The van der Waals surface area contributed by atoms with Gasteiger partial charge in [-0.3, -0.25) is 4.48 Å². The second-order valence-electron chi connectivity index (χ2n) is 4.90. The second-order valence-corrected chi connectivity index (χ2v) is 4.90. The van der Waals surface area contributed by atoms with Crippen molar-refractivity contribution >= 4 is 5.97 Å². The van der Waals surface area contributed by atoms with Crippen LogP contribution in [0.4, 0.5) is 0 Å². The van der Waals surface area contributed by atoms with Crippen molar-refractivity contribution in [1.82, 2.24) is 9.80 Å². The molecule has 15 heavy (non-hydrogen) atoms. The number of quaternary nitrogens is 1. The van der Waals surface area contributed by atoms with Crippen LogP contribution in [-0.4, -0.2) is 79.5 Å². The maximum atomic E-state index is 10.9. The van der Waals surface area contributed by atoms with E-state index in [1.54, 1.807) is 0 Å². The molecule has 5 nitrogen and oxygen atoms in total. The Kier molecular flexibility index (Phi) is 3.70. The zero-order valence-corrected chi connectivity index (χ0v) is 10.1. The minimum Gasteiger partial charge on any atom is -0.477 e. The van der Waals surface area contributed by atoms with Gasteiger partial charge in [-0.15, -0.1) is 0 Å². The van der Waals surface area contributed by atoms with Crippen molar-refractivity contribution in [3.8, 4) is 0 Å². The van der Waals surface area contributed by atoms with E-state index in [1.165, 1.54) is 0 Å². The molecule has 0 spiro atoms. The maximum Gasteiger partial charge on any atom is 0.359 e. The van der Waals surface area contributed by atoms with E-state index in [0.29, 0.717) is 4.48 Å². The van der Waals surface area contributed by atoms with Crippen molar-refractivity contribution in [2.75, 3.05) is 47.8 Å². The summed E-state index contributed by atoms with van der Waals surface area (Å²) in [6.45, 7) is 2.16. The van der Waals surface area contributed by atoms with Gasteiger partial charge in [0.25, 0.3) is 0 Å². The lowest BCUT2D eigenvalue weighted by atomic mass is 10.2. The first-order chi connectivity index (χ1) is 6.87. The summed E-state index contributed by atoms with van der Waals surface area (Å²) in [5.41, 5.74) is 0. The highest BCUT2D eigenvalue weighted by atomic mass is 16.4. The number of carbonyl (C=O) groups is 1. The first kappa shape index (κ1) is 12.4. The zero-order valence-electron chi connectivity index (χ0n) is 10.1. The monoisotopic (exact) mass is 216 g/mol. The average molecular weight is 216 g/mol. The Morgan fingerprint density at radius 3 is 2.67 bits per heavy atom. The number of rotatable bonds is 3. The summed E-state index contributed by atoms with van der Waals surface area (Å²) in [5, 5.41) is 8.96. The molecule has 0 amide bonds. The minimum atomic E-state index is -0.723. The molecule has 0 aromatic carbocycles. The molecule has 0 aliphatic carbocycles. The minimum absolute atomic E-state index is 0.162. The van der Waals surface area contributed by atoms with Crippen LogP contribution < -0.4 is 0 Å². The van der Waals surface area contributed by atoms with Crippen LogP contribution in [0.5, 0.6) is 0 Å². The first-order valence-electron chi connectivity index (χ1n) is 5.29. The van der Waals surface area contributed by atoms with Gasteiger partial charge >= 0.3 is 5.97 Å². The molecule has 1 saturated heterocycles. The normalized spacial score (nSPS) is 33.3. The fraction of sp³-hybridized carbons (Fsp3) is 0.900. The predicted molar refractivity (Wildman–Crippen MR) is 58.3 cm³/mol. The quantitative estimate of drug-likeness (QED) is 0.658. The summed E-state index contributed by atoms with van der Waals surface area (Å²) in [6.07, 6.45) is 1.22. The number of hydrogen-bond acceptors (Lipinski definition) is 3. The fourth-order valence-electron chi connectivity index (χ4n) is 2.81. The third-order valence-electron chi connectivity index (χ3n) is 3.09. The molecule has 0 aromatic heterocycles. The summed E-state index contributed by atoms with van der Waals surface area (Å²) in [6, 6.07) is 0. The van der Waals surface area contributed by atoms with Crippen LogP contribution in [-0.2, 0) is 4.79 Å². The van der Waals surface area contributed by atoms with Crippen LogP contribution in [0.15, 0.2) is 0 Å². The molecular weight excluding hydrogens is 194 g/mol. The molecule has 2 atom stereocenters. The van der Waals surface area contributed by atoms with E-state index in [-0.39, 0.29) is 12.8 Å². The van der Waals surface area contributed by atoms with Gasteiger partial charge in [-0.1, -0.05) is 0 Å². The van der Waals surface area contributed by atoms with Gasteiger partial charge in [-0.2, -0.15) is 0 Å². The van der Waals surface area contributed by atoms with Gasteiger partial charge < -0.3 is 5.11 Å². The summed E-state index contributed by atoms with van der Waals surface area (Å²) in [7, 11) is 8.09. The van der Waals surface area contributed by atoms with Crippen LogP contribution in [0, 0.1) is 0 Å². The lowest BCUT2D eigenvalue weighted by molar-refractivity contribution is -0.954. The van der Waals surface area contributed by atoms with E-state index in [2.05, 4.69) is 16.8 Å². The van der Waals surface area contributed by atoms with Gasteiger partial charge in [-0.05, 0) is 21.1 Å². The molecular formula is C10H22N3O2+.